The molecular weight excluding hydrogens is 369 g/mol. The Hall–Kier alpha value is -2.61. The average molecular weight is 391 g/mol. The fourth-order valence-electron chi connectivity index (χ4n) is 2.31. The Kier molecular flexibility index (Phi) is 6.79. The number of aromatic nitrogens is 1. The molecule has 0 saturated carbocycles. The summed E-state index contributed by atoms with van der Waals surface area (Å²) in [6.45, 7) is 5.34. The zero-order valence-corrected chi connectivity index (χ0v) is 16.3. The van der Waals surface area contributed by atoms with Gasteiger partial charge in [0.25, 0.3) is 5.03 Å². The van der Waals surface area contributed by atoms with Crippen molar-refractivity contribution in [3.8, 4) is 0 Å². The number of pyridine rings is 1. The zero-order chi connectivity index (χ0) is 20.0. The summed E-state index contributed by atoms with van der Waals surface area (Å²) >= 11 is 1.12. The molecular formula is C19H22FN3O3S. The highest BCUT2D eigenvalue weighted by Crippen LogP contribution is 2.19. The fraction of sp³-hybridized carbons (Fsp3) is 0.316. The van der Waals surface area contributed by atoms with Crippen molar-refractivity contribution in [2.24, 2.45) is 0 Å². The maximum absolute atomic E-state index is 13.0. The molecule has 0 saturated heterocycles. The number of anilines is 1. The van der Waals surface area contributed by atoms with Gasteiger partial charge in [0.1, 0.15) is 12.4 Å². The van der Waals surface area contributed by atoms with Gasteiger partial charge in [-0.25, -0.2) is 4.39 Å². The Morgan fingerprint density at radius 2 is 1.85 bits per heavy atom. The van der Waals surface area contributed by atoms with Crippen LogP contribution in [0, 0.1) is 11.0 Å². The average Bonchev–Trinajstić information content (AvgIpc) is 2.60. The second kappa shape index (κ2) is 8.85. The van der Waals surface area contributed by atoms with E-state index in [2.05, 4.69) is 5.32 Å². The van der Waals surface area contributed by atoms with Crippen LogP contribution in [-0.4, -0.2) is 34.6 Å². The van der Waals surface area contributed by atoms with E-state index in [1.807, 2.05) is 20.8 Å². The summed E-state index contributed by atoms with van der Waals surface area (Å²) in [5, 5.41) is 14.7. The lowest BCUT2D eigenvalue weighted by Gasteiger charge is -2.35. The number of amides is 2. The molecule has 1 N–H and O–H groups in total. The number of hydrogen-bond acceptors (Lipinski definition) is 4. The predicted octanol–water partition coefficient (Wildman–Crippen LogP) is 2.82. The van der Waals surface area contributed by atoms with Crippen molar-refractivity contribution in [3.05, 3.63) is 59.7 Å². The van der Waals surface area contributed by atoms with Crippen LogP contribution >= 0.6 is 11.8 Å². The minimum Gasteiger partial charge on any atom is -0.618 e. The molecule has 8 heteroatoms. The van der Waals surface area contributed by atoms with E-state index in [0.29, 0.717) is 15.4 Å². The highest BCUT2D eigenvalue weighted by Gasteiger charge is 2.29. The summed E-state index contributed by atoms with van der Waals surface area (Å²) in [6.07, 6.45) is 1.37. The van der Waals surface area contributed by atoms with Crippen molar-refractivity contribution in [3.63, 3.8) is 0 Å². The minimum absolute atomic E-state index is 0.0351. The molecule has 2 rings (SSSR count). The van der Waals surface area contributed by atoms with Gasteiger partial charge in [-0.05, 0) is 62.9 Å². The lowest BCUT2D eigenvalue weighted by Crippen LogP contribution is -2.50. The van der Waals surface area contributed by atoms with Gasteiger partial charge in [0.15, 0.2) is 6.20 Å². The smallest absolute Gasteiger partial charge is 0.251 e. The number of benzene rings is 1. The standard InChI is InChI=1S/C19H22FN3O3S/c1-19(2,3)22(12-16(24)21-15-9-7-14(20)8-10-15)17(25)13-27-18-6-4-5-11-23(18)26/h4-11H,12-13H2,1-3H3,(H,21,24). The molecule has 0 bridgehead atoms. The molecule has 144 valence electrons. The van der Waals surface area contributed by atoms with Crippen LogP contribution in [0.3, 0.4) is 0 Å². The van der Waals surface area contributed by atoms with Gasteiger partial charge in [-0.2, -0.15) is 4.73 Å². The first-order chi connectivity index (χ1) is 12.7. The monoisotopic (exact) mass is 391 g/mol. The van der Waals surface area contributed by atoms with E-state index in [9.17, 15) is 19.2 Å². The molecule has 0 radical (unpaired) electrons. The SMILES string of the molecule is CC(C)(C)N(CC(=O)Nc1ccc(F)cc1)C(=O)CSc1cccc[n+]1[O-]. The van der Waals surface area contributed by atoms with E-state index in [4.69, 9.17) is 0 Å². The second-order valence-corrected chi connectivity index (χ2v) is 7.85. The molecule has 2 aromatic rings. The summed E-state index contributed by atoms with van der Waals surface area (Å²) in [5.41, 5.74) is -0.129. The Bertz CT molecular complexity index is 807. The first-order valence-corrected chi connectivity index (χ1v) is 9.32. The number of rotatable bonds is 6. The van der Waals surface area contributed by atoms with Crippen LogP contribution < -0.4 is 10.0 Å². The largest absolute Gasteiger partial charge is 0.618 e. The van der Waals surface area contributed by atoms with Crippen molar-refractivity contribution in [1.29, 1.82) is 0 Å². The molecule has 1 aromatic carbocycles. The third-order valence-corrected chi connectivity index (χ3v) is 4.68. The van der Waals surface area contributed by atoms with E-state index in [1.54, 1.807) is 18.2 Å². The quantitative estimate of drug-likeness (QED) is 0.467. The molecule has 0 spiro atoms. The van der Waals surface area contributed by atoms with Crippen molar-refractivity contribution in [2.45, 2.75) is 31.3 Å². The van der Waals surface area contributed by atoms with Crippen LogP contribution in [-0.2, 0) is 9.59 Å². The number of nitrogens with one attached hydrogen (secondary N) is 1. The Morgan fingerprint density at radius 3 is 2.44 bits per heavy atom. The normalized spacial score (nSPS) is 11.1. The maximum Gasteiger partial charge on any atom is 0.251 e. The molecule has 0 fully saturated rings. The lowest BCUT2D eigenvalue weighted by molar-refractivity contribution is -0.645. The van der Waals surface area contributed by atoms with E-state index >= 15 is 0 Å². The molecule has 0 aliphatic heterocycles. The number of thioether (sulfide) groups is 1. The van der Waals surface area contributed by atoms with Gasteiger partial charge in [-0.15, -0.1) is 0 Å². The van der Waals surface area contributed by atoms with Gasteiger partial charge in [-0.1, -0.05) is 0 Å². The highest BCUT2D eigenvalue weighted by atomic mass is 32.2. The molecule has 2 amide bonds. The topological polar surface area (TPSA) is 76.4 Å². The van der Waals surface area contributed by atoms with Gasteiger partial charge in [-0.3, -0.25) is 9.59 Å². The number of carbonyl (C=O) groups is 2. The van der Waals surface area contributed by atoms with E-state index in [-0.39, 0.29) is 24.1 Å². The summed E-state index contributed by atoms with van der Waals surface area (Å²) in [4.78, 5) is 26.5. The third-order valence-electron chi connectivity index (χ3n) is 3.67. The molecule has 0 aliphatic carbocycles. The molecule has 0 unspecified atom stereocenters. The first-order valence-electron chi connectivity index (χ1n) is 8.34. The number of nitrogens with zero attached hydrogens (tertiary/aromatic N) is 2. The third kappa shape index (κ3) is 6.25. The molecule has 6 nitrogen and oxygen atoms in total. The van der Waals surface area contributed by atoms with Crippen molar-refractivity contribution >= 4 is 29.3 Å². The second-order valence-electron chi connectivity index (χ2n) is 6.86. The summed E-state index contributed by atoms with van der Waals surface area (Å²) in [7, 11) is 0. The summed E-state index contributed by atoms with van der Waals surface area (Å²) in [6, 6.07) is 10.4. The van der Waals surface area contributed by atoms with Crippen molar-refractivity contribution < 1.29 is 18.7 Å². The first kappa shape index (κ1) is 20.7. The fourth-order valence-corrected chi connectivity index (χ4v) is 3.10. The minimum atomic E-state index is -0.581. The van der Waals surface area contributed by atoms with E-state index in [1.165, 1.54) is 35.4 Å². The lowest BCUT2D eigenvalue weighted by atomic mass is 10.1. The molecule has 0 aliphatic rings. The molecule has 1 heterocycles. The van der Waals surface area contributed by atoms with Crippen LogP contribution in [0.15, 0.2) is 53.7 Å². The molecule has 0 atom stereocenters. The highest BCUT2D eigenvalue weighted by molar-refractivity contribution is 7.99. The summed E-state index contributed by atoms with van der Waals surface area (Å²) in [5.74, 6) is -1.000. The van der Waals surface area contributed by atoms with Gasteiger partial charge >= 0.3 is 0 Å². The molecule has 27 heavy (non-hydrogen) atoms. The van der Waals surface area contributed by atoms with Crippen LogP contribution in [0.2, 0.25) is 0 Å². The van der Waals surface area contributed by atoms with Crippen LogP contribution in [0.1, 0.15) is 20.8 Å². The van der Waals surface area contributed by atoms with Crippen molar-refractivity contribution in [2.75, 3.05) is 17.6 Å². The Labute approximate surface area is 162 Å². The van der Waals surface area contributed by atoms with E-state index in [0.717, 1.165) is 11.8 Å². The van der Waals surface area contributed by atoms with E-state index < -0.39 is 11.4 Å². The predicted molar refractivity (Wildman–Crippen MR) is 103 cm³/mol. The van der Waals surface area contributed by atoms with Gasteiger partial charge < -0.3 is 15.4 Å². The molecule has 1 aromatic heterocycles. The van der Waals surface area contributed by atoms with Gasteiger partial charge in [0.2, 0.25) is 11.8 Å². The van der Waals surface area contributed by atoms with Crippen LogP contribution in [0.4, 0.5) is 10.1 Å². The van der Waals surface area contributed by atoms with Crippen molar-refractivity contribution in [1.82, 2.24) is 4.90 Å². The van der Waals surface area contributed by atoms with Crippen LogP contribution in [0.25, 0.3) is 0 Å². The number of halogens is 1. The maximum atomic E-state index is 13.0. The Morgan fingerprint density at radius 1 is 1.19 bits per heavy atom. The zero-order valence-electron chi connectivity index (χ0n) is 15.4. The van der Waals surface area contributed by atoms with Gasteiger partial charge in [0, 0.05) is 23.4 Å². The van der Waals surface area contributed by atoms with Gasteiger partial charge in [0.05, 0.1) is 5.75 Å². The van der Waals surface area contributed by atoms with Crippen LogP contribution in [0.5, 0.6) is 0 Å². The Balaban J connectivity index is 2.01. The number of carbonyl (C=O) groups excluding carboxylic acids is 2. The summed E-state index contributed by atoms with van der Waals surface area (Å²) < 4.78 is 13.7. The number of hydrogen-bond donors (Lipinski definition) is 1.